The molecule has 0 aliphatic carbocycles. The van der Waals surface area contributed by atoms with Gasteiger partial charge in [0.05, 0.1) is 17.2 Å². The number of rotatable bonds is 6. The molecule has 38 heavy (non-hydrogen) atoms. The first-order valence-electron chi connectivity index (χ1n) is 12.5. The van der Waals surface area contributed by atoms with Gasteiger partial charge in [-0.1, -0.05) is 48.2 Å². The summed E-state index contributed by atoms with van der Waals surface area (Å²) in [6.07, 6.45) is -1.58. The lowest BCUT2D eigenvalue weighted by molar-refractivity contribution is -0.118. The van der Waals surface area contributed by atoms with Gasteiger partial charge in [-0.25, -0.2) is 14.4 Å². The molecule has 0 bridgehead atoms. The van der Waals surface area contributed by atoms with E-state index in [-0.39, 0.29) is 12.6 Å². The second-order valence-corrected chi connectivity index (χ2v) is 10.9. The van der Waals surface area contributed by atoms with Crippen molar-refractivity contribution in [3.63, 3.8) is 0 Å². The van der Waals surface area contributed by atoms with E-state index in [0.29, 0.717) is 29.3 Å². The number of nitrogens with zero attached hydrogens (tertiary/aromatic N) is 2. The summed E-state index contributed by atoms with van der Waals surface area (Å²) in [5, 5.41) is 0.479. The Kier molecular flexibility index (Phi) is 8.73. The molecule has 0 saturated carbocycles. The number of fused-ring (bicyclic) bond motifs is 1. The Morgan fingerprint density at radius 1 is 1.00 bits per heavy atom. The maximum absolute atomic E-state index is 12.9. The highest BCUT2D eigenvalue weighted by atomic mass is 32.2. The second kappa shape index (κ2) is 12.0. The van der Waals surface area contributed by atoms with Crippen LogP contribution < -0.4 is 0 Å². The van der Waals surface area contributed by atoms with Crippen LogP contribution in [0.2, 0.25) is 0 Å². The van der Waals surface area contributed by atoms with Gasteiger partial charge >= 0.3 is 18.0 Å². The molecule has 0 spiro atoms. The van der Waals surface area contributed by atoms with Crippen LogP contribution in [0.1, 0.15) is 54.8 Å². The monoisotopic (exact) mass is 540 g/mol. The summed E-state index contributed by atoms with van der Waals surface area (Å²) in [5.74, 6) is -1.00. The van der Waals surface area contributed by atoms with Gasteiger partial charge in [0.15, 0.2) is 5.17 Å². The number of hydrogen-bond acceptors (Lipinski definition) is 9. The highest BCUT2D eigenvalue weighted by molar-refractivity contribution is 8.14. The van der Waals surface area contributed by atoms with Crippen molar-refractivity contribution < 1.29 is 33.3 Å². The molecule has 2 aliphatic rings. The molecule has 4 rings (SSSR count). The van der Waals surface area contributed by atoms with E-state index in [2.05, 4.69) is 0 Å². The van der Waals surface area contributed by atoms with E-state index in [1.54, 1.807) is 69.3 Å². The molecule has 4 unspecified atom stereocenters. The van der Waals surface area contributed by atoms with E-state index in [1.165, 1.54) is 16.7 Å². The van der Waals surface area contributed by atoms with E-state index >= 15 is 0 Å². The zero-order valence-corrected chi connectivity index (χ0v) is 22.7. The fraction of sp³-hybridized carbons (Fsp3) is 0.429. The highest BCUT2D eigenvalue weighted by Gasteiger charge is 2.46. The molecule has 2 aromatic carbocycles. The molecular formula is C28H32N2O7S. The van der Waals surface area contributed by atoms with Gasteiger partial charge in [-0.15, -0.1) is 0 Å². The fourth-order valence-corrected chi connectivity index (χ4v) is 5.27. The van der Waals surface area contributed by atoms with Crippen molar-refractivity contribution in [2.75, 3.05) is 13.2 Å². The SMILES string of the molecule is CCN(C(=O)OC(C)(C)C)C1=NC2CC(OC(=O)c3ccccc3)C(COC(=O)c3ccccc3)OC2S1. The van der Waals surface area contributed by atoms with E-state index in [4.69, 9.17) is 23.9 Å². The number of thioether (sulfide) groups is 1. The van der Waals surface area contributed by atoms with E-state index in [0.717, 1.165) is 0 Å². The van der Waals surface area contributed by atoms with Gasteiger partial charge < -0.3 is 18.9 Å². The Morgan fingerprint density at radius 3 is 2.18 bits per heavy atom. The van der Waals surface area contributed by atoms with Crippen LogP contribution in [-0.4, -0.2) is 70.5 Å². The van der Waals surface area contributed by atoms with Gasteiger partial charge in [0.25, 0.3) is 0 Å². The number of aliphatic imine (C=N–C) groups is 1. The number of carbonyl (C=O) groups is 3. The minimum atomic E-state index is -0.715. The van der Waals surface area contributed by atoms with Crippen molar-refractivity contribution in [3.8, 4) is 0 Å². The third-order valence-corrected chi connectivity index (χ3v) is 7.02. The van der Waals surface area contributed by atoms with E-state index < -0.39 is 41.3 Å². The van der Waals surface area contributed by atoms with Crippen LogP contribution in [0.5, 0.6) is 0 Å². The van der Waals surface area contributed by atoms with Gasteiger partial charge in [-0.05, 0) is 52.0 Å². The summed E-state index contributed by atoms with van der Waals surface area (Å²) in [4.78, 5) is 44.4. The predicted octanol–water partition coefficient (Wildman–Crippen LogP) is 4.91. The second-order valence-electron chi connectivity index (χ2n) is 9.87. The van der Waals surface area contributed by atoms with Gasteiger partial charge in [0.2, 0.25) is 0 Å². The fourth-order valence-electron chi connectivity index (χ4n) is 4.01. The summed E-state index contributed by atoms with van der Waals surface area (Å²) in [5.41, 5.74) is -0.270. The van der Waals surface area contributed by atoms with Crippen LogP contribution in [0.25, 0.3) is 0 Å². The summed E-state index contributed by atoms with van der Waals surface area (Å²) >= 11 is 1.31. The molecule has 9 nitrogen and oxygen atoms in total. The van der Waals surface area contributed by atoms with Crippen molar-refractivity contribution in [3.05, 3.63) is 71.8 Å². The van der Waals surface area contributed by atoms with Crippen LogP contribution in [0, 0.1) is 0 Å². The number of amides is 1. The third-order valence-electron chi connectivity index (χ3n) is 5.83. The third kappa shape index (κ3) is 6.93. The Morgan fingerprint density at radius 2 is 1.61 bits per heavy atom. The lowest BCUT2D eigenvalue weighted by Gasteiger charge is -2.36. The first-order valence-corrected chi connectivity index (χ1v) is 13.4. The molecule has 1 saturated heterocycles. The lowest BCUT2D eigenvalue weighted by Crippen LogP contribution is -2.48. The Labute approximate surface area is 226 Å². The minimum Gasteiger partial charge on any atom is -0.459 e. The molecule has 0 aromatic heterocycles. The topological polar surface area (TPSA) is 104 Å². The molecule has 202 valence electrons. The highest BCUT2D eigenvalue weighted by Crippen LogP contribution is 2.38. The van der Waals surface area contributed by atoms with E-state index in [1.807, 2.05) is 19.1 Å². The maximum Gasteiger partial charge on any atom is 0.416 e. The number of esters is 2. The summed E-state index contributed by atoms with van der Waals surface area (Å²) < 4.78 is 23.2. The Balaban J connectivity index is 1.49. The van der Waals surface area contributed by atoms with Crippen LogP contribution in [0.15, 0.2) is 65.7 Å². The Hall–Kier alpha value is -3.37. The van der Waals surface area contributed by atoms with Gasteiger partial charge in [0, 0.05) is 13.0 Å². The largest absolute Gasteiger partial charge is 0.459 e. The van der Waals surface area contributed by atoms with Crippen LogP contribution in [0.3, 0.4) is 0 Å². The van der Waals surface area contributed by atoms with E-state index in [9.17, 15) is 14.4 Å². The first kappa shape index (κ1) is 27.7. The van der Waals surface area contributed by atoms with Crippen molar-refractivity contribution in [1.29, 1.82) is 0 Å². The van der Waals surface area contributed by atoms with Gasteiger partial charge in [-0.3, -0.25) is 9.89 Å². The molecular weight excluding hydrogens is 508 g/mol. The standard InChI is InChI=1S/C28H32N2O7S/c1-5-30(27(33)37-28(2,3)4)26-29-20-16-21(35-24(32)19-14-10-7-11-15-19)22(36-25(20)38-26)17-34-23(31)18-12-8-6-9-13-18/h6-15,20-22,25H,5,16-17H2,1-4H3. The molecule has 2 aliphatic heterocycles. The van der Waals surface area contributed by atoms with Gasteiger partial charge in [-0.2, -0.15) is 0 Å². The number of ether oxygens (including phenoxy) is 4. The number of amidine groups is 1. The molecule has 2 heterocycles. The van der Waals surface area contributed by atoms with Crippen molar-refractivity contribution in [1.82, 2.24) is 4.90 Å². The number of hydrogen-bond donors (Lipinski definition) is 0. The number of carbonyl (C=O) groups excluding carboxylic acids is 3. The van der Waals surface area contributed by atoms with Crippen LogP contribution in [0.4, 0.5) is 4.79 Å². The zero-order valence-electron chi connectivity index (χ0n) is 21.9. The van der Waals surface area contributed by atoms with Crippen LogP contribution >= 0.6 is 11.8 Å². The summed E-state index contributed by atoms with van der Waals surface area (Å²) in [6, 6.07) is 16.9. The predicted molar refractivity (Wildman–Crippen MR) is 143 cm³/mol. The molecule has 0 N–H and O–H groups in total. The first-order chi connectivity index (χ1) is 18.1. The average Bonchev–Trinajstić information content (AvgIpc) is 3.29. The molecule has 1 amide bonds. The summed E-state index contributed by atoms with van der Waals surface area (Å²) in [7, 11) is 0. The minimum absolute atomic E-state index is 0.108. The average molecular weight is 541 g/mol. The molecule has 2 aromatic rings. The van der Waals surface area contributed by atoms with Crippen molar-refractivity contribution in [2.24, 2.45) is 4.99 Å². The maximum atomic E-state index is 12.9. The van der Waals surface area contributed by atoms with Gasteiger partial charge in [0.1, 0.15) is 29.9 Å². The van der Waals surface area contributed by atoms with Crippen molar-refractivity contribution in [2.45, 2.75) is 63.4 Å². The van der Waals surface area contributed by atoms with Crippen LogP contribution in [-0.2, 0) is 18.9 Å². The Bertz CT molecular complexity index is 1170. The zero-order chi connectivity index (χ0) is 27.3. The molecule has 0 radical (unpaired) electrons. The van der Waals surface area contributed by atoms with Crippen molar-refractivity contribution >= 4 is 35.0 Å². The molecule has 10 heteroatoms. The quantitative estimate of drug-likeness (QED) is 0.376. The summed E-state index contributed by atoms with van der Waals surface area (Å²) in [6.45, 7) is 7.51. The normalized spacial score (nSPS) is 22.6. The lowest BCUT2D eigenvalue weighted by atomic mass is 10.0. The number of benzene rings is 2. The smallest absolute Gasteiger partial charge is 0.416 e. The molecule has 4 atom stereocenters. The molecule has 1 fully saturated rings.